The van der Waals surface area contributed by atoms with Crippen molar-refractivity contribution < 1.29 is 15.0 Å². The lowest BCUT2D eigenvalue weighted by atomic mass is 9.97. The number of rotatable bonds is 3. The summed E-state index contributed by atoms with van der Waals surface area (Å²) in [6.07, 6.45) is 2.20. The molecule has 6 nitrogen and oxygen atoms in total. The number of carbonyl (C=O) groups is 1. The summed E-state index contributed by atoms with van der Waals surface area (Å²) in [4.78, 5) is 17.1. The molecule has 2 heterocycles. The summed E-state index contributed by atoms with van der Waals surface area (Å²) < 4.78 is 0. The van der Waals surface area contributed by atoms with Crippen molar-refractivity contribution in [3.05, 3.63) is 99.4 Å². The van der Waals surface area contributed by atoms with E-state index in [0.29, 0.717) is 33.3 Å². The van der Waals surface area contributed by atoms with Gasteiger partial charge in [0.2, 0.25) is 0 Å². The Labute approximate surface area is 199 Å². The highest BCUT2D eigenvalue weighted by Crippen LogP contribution is 2.42. The summed E-state index contributed by atoms with van der Waals surface area (Å²) in [6.45, 7) is 0. The zero-order valence-corrected chi connectivity index (χ0v) is 18.8. The van der Waals surface area contributed by atoms with Crippen LogP contribution in [0.4, 0.5) is 4.79 Å². The van der Waals surface area contributed by atoms with Crippen LogP contribution in [0.3, 0.4) is 0 Å². The normalized spacial score (nSPS) is 19.2. The van der Waals surface area contributed by atoms with E-state index in [-0.39, 0.29) is 22.8 Å². The van der Waals surface area contributed by atoms with Gasteiger partial charge in [-0.2, -0.15) is 10.1 Å². The van der Waals surface area contributed by atoms with E-state index in [9.17, 15) is 15.0 Å². The van der Waals surface area contributed by atoms with E-state index in [1.807, 2.05) is 42.5 Å². The van der Waals surface area contributed by atoms with Gasteiger partial charge < -0.3 is 10.2 Å². The average molecular weight is 476 g/mol. The van der Waals surface area contributed by atoms with E-state index in [0.717, 1.165) is 23.0 Å². The van der Waals surface area contributed by atoms with Crippen LogP contribution in [0.1, 0.15) is 29.2 Å². The molecule has 1 unspecified atom stereocenters. The first-order valence-electron chi connectivity index (χ1n) is 10.2. The molecule has 3 aromatic rings. The number of para-hydroxylation sites is 1. The monoisotopic (exact) mass is 475 g/mol. The number of benzene rings is 3. The summed E-state index contributed by atoms with van der Waals surface area (Å²) in [5.41, 5.74) is 2.93. The molecule has 2 aliphatic heterocycles. The molecule has 0 saturated carbocycles. The lowest BCUT2D eigenvalue weighted by molar-refractivity contribution is 0.267. The van der Waals surface area contributed by atoms with Crippen molar-refractivity contribution in [2.24, 2.45) is 10.1 Å². The number of carbonyl (C=O) groups excluding carboxylic acids is 1. The maximum atomic E-state index is 12.3. The predicted molar refractivity (Wildman–Crippen MR) is 132 cm³/mol. The third-order valence-corrected chi connectivity index (χ3v) is 6.44. The number of hydrogen-bond acceptors (Lipinski definition) is 6. The fourth-order valence-electron chi connectivity index (χ4n) is 3.87. The molecule has 0 fully saturated rings. The number of hydrogen-bond donors (Lipinski definition) is 2. The third kappa shape index (κ3) is 4.25. The van der Waals surface area contributed by atoms with Crippen molar-refractivity contribution in [1.82, 2.24) is 5.01 Å². The minimum atomic E-state index is -0.378. The summed E-state index contributed by atoms with van der Waals surface area (Å²) in [5.74, 6) is 0.550. The molecule has 0 aliphatic carbocycles. The molecule has 1 amide bonds. The molecule has 33 heavy (non-hydrogen) atoms. The first kappa shape index (κ1) is 21.3. The fourth-order valence-corrected chi connectivity index (χ4v) is 4.78. The van der Waals surface area contributed by atoms with Crippen LogP contribution in [0, 0.1) is 0 Å². The van der Waals surface area contributed by atoms with Crippen LogP contribution in [0.25, 0.3) is 6.08 Å². The van der Waals surface area contributed by atoms with E-state index in [1.165, 1.54) is 6.07 Å². The van der Waals surface area contributed by atoms with Crippen LogP contribution in [0.15, 0.2) is 87.8 Å². The first-order valence-corrected chi connectivity index (χ1v) is 11.4. The second-order valence-corrected chi connectivity index (χ2v) is 8.98. The molecule has 8 heteroatoms. The number of phenolic OH excluding ortho intramolecular Hbond substituents is 2. The SMILES string of the molecule is O=C1N=C(N2N=C(c3ccccc3)CC2c2ccccc2O)/C(=C/c2cc(Cl)ccc2O)S1. The second kappa shape index (κ2) is 8.77. The molecule has 0 aromatic heterocycles. The number of amidine groups is 1. The molecule has 0 saturated heterocycles. The van der Waals surface area contributed by atoms with Crippen molar-refractivity contribution in [2.45, 2.75) is 12.5 Å². The van der Waals surface area contributed by atoms with Gasteiger partial charge in [-0.1, -0.05) is 60.1 Å². The lowest BCUT2D eigenvalue weighted by Crippen LogP contribution is -2.26. The number of hydrazone groups is 1. The van der Waals surface area contributed by atoms with Crippen LogP contribution < -0.4 is 0 Å². The Morgan fingerprint density at radius 3 is 2.55 bits per heavy atom. The molecule has 1 atom stereocenters. The summed E-state index contributed by atoms with van der Waals surface area (Å²) in [5, 5.41) is 27.4. The highest BCUT2D eigenvalue weighted by atomic mass is 35.5. The maximum absolute atomic E-state index is 12.3. The van der Waals surface area contributed by atoms with E-state index in [2.05, 4.69) is 4.99 Å². The summed E-state index contributed by atoms with van der Waals surface area (Å²) in [7, 11) is 0. The van der Waals surface area contributed by atoms with Gasteiger partial charge in [-0.15, -0.1) is 0 Å². The predicted octanol–water partition coefficient (Wildman–Crippen LogP) is 6.21. The number of phenols is 2. The molecule has 2 aliphatic rings. The Balaban J connectivity index is 1.61. The maximum Gasteiger partial charge on any atom is 0.311 e. The number of thioether (sulfide) groups is 1. The molecular weight excluding hydrogens is 458 g/mol. The smallest absolute Gasteiger partial charge is 0.311 e. The molecule has 0 radical (unpaired) electrons. The summed E-state index contributed by atoms with van der Waals surface area (Å²) in [6, 6.07) is 21.2. The van der Waals surface area contributed by atoms with Crippen molar-refractivity contribution in [2.75, 3.05) is 0 Å². The highest BCUT2D eigenvalue weighted by Gasteiger charge is 2.37. The van der Waals surface area contributed by atoms with Crippen LogP contribution in [0.5, 0.6) is 11.5 Å². The number of aliphatic imine (C=N–C) groups is 1. The van der Waals surface area contributed by atoms with Crippen molar-refractivity contribution in [3.8, 4) is 11.5 Å². The minimum absolute atomic E-state index is 0.0401. The van der Waals surface area contributed by atoms with Crippen LogP contribution in [0.2, 0.25) is 5.02 Å². The molecular formula is C25H18ClN3O3S. The van der Waals surface area contributed by atoms with Crippen molar-refractivity contribution >= 4 is 46.2 Å². The van der Waals surface area contributed by atoms with Gasteiger partial charge in [0.05, 0.1) is 16.7 Å². The van der Waals surface area contributed by atoms with Gasteiger partial charge in [-0.25, -0.2) is 5.01 Å². The van der Waals surface area contributed by atoms with Crippen LogP contribution in [-0.2, 0) is 0 Å². The molecule has 0 spiro atoms. The highest BCUT2D eigenvalue weighted by molar-refractivity contribution is 8.18. The van der Waals surface area contributed by atoms with Crippen LogP contribution in [-0.4, -0.2) is 32.0 Å². The zero-order chi connectivity index (χ0) is 22.9. The minimum Gasteiger partial charge on any atom is -0.508 e. The first-order chi connectivity index (χ1) is 16.0. The Kier molecular flexibility index (Phi) is 5.66. The number of amides is 1. The third-order valence-electron chi connectivity index (χ3n) is 5.42. The summed E-state index contributed by atoms with van der Waals surface area (Å²) >= 11 is 7.06. The zero-order valence-electron chi connectivity index (χ0n) is 17.2. The lowest BCUT2D eigenvalue weighted by Gasteiger charge is -2.24. The van der Waals surface area contributed by atoms with Gasteiger partial charge in [0.25, 0.3) is 0 Å². The van der Waals surface area contributed by atoms with E-state index in [1.54, 1.807) is 35.4 Å². The molecule has 5 rings (SSSR count). The van der Waals surface area contributed by atoms with E-state index in [4.69, 9.17) is 16.7 Å². The number of aromatic hydroxyl groups is 2. The van der Waals surface area contributed by atoms with Crippen molar-refractivity contribution in [1.29, 1.82) is 0 Å². The Morgan fingerprint density at radius 1 is 1.00 bits per heavy atom. The van der Waals surface area contributed by atoms with E-state index >= 15 is 0 Å². The van der Waals surface area contributed by atoms with E-state index < -0.39 is 0 Å². The quantitative estimate of drug-likeness (QED) is 0.470. The van der Waals surface area contributed by atoms with Gasteiger partial charge in [-0.3, -0.25) is 4.79 Å². The molecule has 2 N–H and O–H groups in total. The average Bonchev–Trinajstić information content (AvgIpc) is 3.40. The fraction of sp³-hybridized carbons (Fsp3) is 0.0800. The molecule has 0 bridgehead atoms. The number of halogens is 1. The Morgan fingerprint density at radius 2 is 1.76 bits per heavy atom. The molecule has 164 valence electrons. The topological polar surface area (TPSA) is 85.5 Å². The number of nitrogens with zero attached hydrogens (tertiary/aromatic N) is 3. The van der Waals surface area contributed by atoms with Crippen molar-refractivity contribution in [3.63, 3.8) is 0 Å². The molecule has 3 aromatic carbocycles. The standard InChI is InChI=1S/C25H18ClN3O3S/c26-17-10-11-21(30)16(12-17)13-23-24(27-25(32)33-23)29-20(18-8-4-5-9-22(18)31)14-19(28-29)15-6-2-1-3-7-15/h1-13,20,30-31H,14H2/b23-13-. The van der Waals surface area contributed by atoms with Gasteiger partial charge in [0.15, 0.2) is 5.84 Å². The van der Waals surface area contributed by atoms with Gasteiger partial charge >= 0.3 is 5.24 Å². The second-order valence-electron chi connectivity index (χ2n) is 7.55. The Hall–Kier alpha value is -3.55. The van der Waals surface area contributed by atoms with Gasteiger partial charge in [0, 0.05) is 22.6 Å². The Bertz CT molecular complexity index is 1340. The van der Waals surface area contributed by atoms with Gasteiger partial charge in [0.1, 0.15) is 11.5 Å². The van der Waals surface area contributed by atoms with Gasteiger partial charge in [-0.05, 0) is 47.7 Å². The van der Waals surface area contributed by atoms with Crippen LogP contribution >= 0.6 is 23.4 Å². The largest absolute Gasteiger partial charge is 0.508 e.